The number of amides is 1. The third-order valence-electron chi connectivity index (χ3n) is 5.61. The molecule has 0 saturated heterocycles. The molecule has 0 radical (unpaired) electrons. The summed E-state index contributed by atoms with van der Waals surface area (Å²) in [6.07, 6.45) is 6.04. The number of fused-ring (bicyclic) bond motifs is 1. The van der Waals surface area contributed by atoms with Crippen molar-refractivity contribution in [2.45, 2.75) is 51.5 Å². The molecule has 3 rings (SSSR count). The Balaban J connectivity index is 1.78. The Morgan fingerprint density at radius 3 is 2.58 bits per heavy atom. The normalized spacial score (nSPS) is 17.4. The van der Waals surface area contributed by atoms with Crippen LogP contribution in [0.3, 0.4) is 0 Å². The van der Waals surface area contributed by atoms with E-state index in [9.17, 15) is 4.79 Å². The van der Waals surface area contributed by atoms with Crippen LogP contribution < -0.4 is 5.32 Å². The first kappa shape index (κ1) is 17.0. The molecular weight excluding hydrogens is 300 g/mol. The third-order valence-corrected chi connectivity index (χ3v) is 5.61. The largest absolute Gasteiger partial charge is 0.451 e. The fraction of sp³-hybridized carbons (Fsp3) is 0.550. The van der Waals surface area contributed by atoms with Crippen LogP contribution in [-0.4, -0.2) is 37.0 Å². The molecule has 4 nitrogen and oxygen atoms in total. The third kappa shape index (κ3) is 3.07. The lowest BCUT2D eigenvalue weighted by molar-refractivity contribution is 0.0780. The summed E-state index contributed by atoms with van der Waals surface area (Å²) in [5.74, 6) is 0.341. The summed E-state index contributed by atoms with van der Waals surface area (Å²) >= 11 is 0. The maximum absolute atomic E-state index is 12.7. The van der Waals surface area contributed by atoms with Gasteiger partial charge in [0.2, 0.25) is 0 Å². The Morgan fingerprint density at radius 2 is 1.92 bits per heavy atom. The van der Waals surface area contributed by atoms with Gasteiger partial charge < -0.3 is 14.6 Å². The minimum atomic E-state index is -0.104. The second-order valence-electron chi connectivity index (χ2n) is 7.42. The van der Waals surface area contributed by atoms with Crippen molar-refractivity contribution in [1.82, 2.24) is 10.2 Å². The summed E-state index contributed by atoms with van der Waals surface area (Å²) in [5, 5.41) is 4.15. The van der Waals surface area contributed by atoms with Crippen LogP contribution in [-0.2, 0) is 0 Å². The first-order chi connectivity index (χ1) is 11.4. The topological polar surface area (TPSA) is 45.5 Å². The maximum Gasteiger partial charge on any atom is 0.287 e. The lowest BCUT2D eigenvalue weighted by atomic mass is 9.80. The summed E-state index contributed by atoms with van der Waals surface area (Å²) in [5.41, 5.74) is 2.92. The van der Waals surface area contributed by atoms with E-state index in [-0.39, 0.29) is 11.4 Å². The molecule has 0 atom stereocenters. The molecule has 1 aliphatic rings. The molecule has 0 aliphatic heterocycles. The van der Waals surface area contributed by atoms with Gasteiger partial charge in [-0.15, -0.1) is 0 Å². The van der Waals surface area contributed by atoms with Crippen molar-refractivity contribution < 1.29 is 9.21 Å². The van der Waals surface area contributed by atoms with Gasteiger partial charge in [-0.1, -0.05) is 31.4 Å². The number of rotatable bonds is 4. The van der Waals surface area contributed by atoms with Gasteiger partial charge in [-0.25, -0.2) is 0 Å². The molecule has 1 saturated carbocycles. The van der Waals surface area contributed by atoms with E-state index in [0.29, 0.717) is 12.3 Å². The van der Waals surface area contributed by atoms with Gasteiger partial charge in [0, 0.05) is 23.0 Å². The molecule has 1 aromatic heterocycles. The predicted molar refractivity (Wildman–Crippen MR) is 97.5 cm³/mol. The zero-order valence-electron chi connectivity index (χ0n) is 15.2. The summed E-state index contributed by atoms with van der Waals surface area (Å²) in [4.78, 5) is 15.0. The molecule has 0 spiro atoms. The molecule has 1 N–H and O–H groups in total. The summed E-state index contributed by atoms with van der Waals surface area (Å²) in [6, 6.07) is 6.07. The zero-order valence-corrected chi connectivity index (χ0v) is 15.2. The van der Waals surface area contributed by atoms with E-state index in [1.54, 1.807) is 0 Å². The highest BCUT2D eigenvalue weighted by Crippen LogP contribution is 2.32. The molecular formula is C20H28N2O2. The van der Waals surface area contributed by atoms with Crippen molar-refractivity contribution in [1.29, 1.82) is 0 Å². The predicted octanol–water partition coefficient (Wildman–Crippen LogP) is 4.04. The first-order valence-electron chi connectivity index (χ1n) is 8.88. The summed E-state index contributed by atoms with van der Waals surface area (Å²) in [6.45, 7) is 4.66. The molecule has 24 heavy (non-hydrogen) atoms. The molecule has 4 heteroatoms. The van der Waals surface area contributed by atoms with Crippen molar-refractivity contribution in [2.24, 2.45) is 0 Å². The highest BCUT2D eigenvalue weighted by molar-refractivity contribution is 5.99. The minimum Gasteiger partial charge on any atom is -0.451 e. The molecule has 1 aromatic carbocycles. The van der Waals surface area contributed by atoms with Gasteiger partial charge in [0.25, 0.3) is 5.91 Å². The average Bonchev–Trinajstić information content (AvgIpc) is 2.89. The van der Waals surface area contributed by atoms with Crippen LogP contribution in [0.1, 0.15) is 53.8 Å². The number of furan rings is 1. The Hall–Kier alpha value is -1.81. The van der Waals surface area contributed by atoms with Gasteiger partial charge in [-0.3, -0.25) is 4.79 Å². The van der Waals surface area contributed by atoms with Crippen LogP contribution in [0.15, 0.2) is 22.6 Å². The van der Waals surface area contributed by atoms with Gasteiger partial charge >= 0.3 is 0 Å². The molecule has 1 aliphatic carbocycles. The smallest absolute Gasteiger partial charge is 0.287 e. The Labute approximate surface area is 144 Å². The minimum absolute atomic E-state index is 0.0738. The number of likely N-dealkylation sites (N-methyl/N-ethyl adjacent to an activating group) is 1. The Bertz CT molecular complexity index is 739. The number of hydrogen-bond acceptors (Lipinski definition) is 3. The number of benzene rings is 1. The number of nitrogens with one attached hydrogen (secondary N) is 1. The molecule has 130 valence electrons. The summed E-state index contributed by atoms with van der Waals surface area (Å²) < 4.78 is 5.85. The molecule has 1 fully saturated rings. The lowest BCUT2D eigenvalue weighted by Crippen LogP contribution is -2.53. The van der Waals surface area contributed by atoms with Crippen LogP contribution in [0.25, 0.3) is 11.0 Å². The number of aryl methyl sites for hydroxylation is 2. The van der Waals surface area contributed by atoms with Crippen LogP contribution in [0.5, 0.6) is 0 Å². The van der Waals surface area contributed by atoms with Crippen molar-refractivity contribution in [2.75, 3.05) is 20.6 Å². The van der Waals surface area contributed by atoms with E-state index < -0.39 is 0 Å². The fourth-order valence-electron chi connectivity index (χ4n) is 3.87. The maximum atomic E-state index is 12.7. The molecule has 1 amide bonds. The SMILES string of the molecule is Cc1ccc2c(C)c(C(=O)NCC3(N(C)C)CCCCC3)oc2c1. The second kappa shape index (κ2) is 6.60. The summed E-state index contributed by atoms with van der Waals surface area (Å²) in [7, 11) is 4.24. The van der Waals surface area contributed by atoms with E-state index in [1.165, 1.54) is 19.3 Å². The van der Waals surface area contributed by atoms with Crippen LogP contribution in [0, 0.1) is 13.8 Å². The van der Waals surface area contributed by atoms with Crippen molar-refractivity contribution >= 4 is 16.9 Å². The lowest BCUT2D eigenvalue weighted by Gasteiger charge is -2.43. The fourth-order valence-corrected chi connectivity index (χ4v) is 3.87. The van der Waals surface area contributed by atoms with Crippen molar-refractivity contribution in [3.63, 3.8) is 0 Å². The monoisotopic (exact) mass is 328 g/mol. The first-order valence-corrected chi connectivity index (χ1v) is 8.88. The van der Waals surface area contributed by atoms with Crippen molar-refractivity contribution in [3.05, 3.63) is 35.1 Å². The van der Waals surface area contributed by atoms with Gasteiger partial charge in [-0.05, 0) is 52.4 Å². The van der Waals surface area contributed by atoms with E-state index in [1.807, 2.05) is 26.0 Å². The number of nitrogens with zero attached hydrogens (tertiary/aromatic N) is 1. The highest BCUT2D eigenvalue weighted by atomic mass is 16.3. The number of carbonyl (C=O) groups excluding carboxylic acids is 1. The molecule has 1 heterocycles. The van der Waals surface area contributed by atoms with E-state index in [2.05, 4.69) is 30.4 Å². The Morgan fingerprint density at radius 1 is 1.21 bits per heavy atom. The van der Waals surface area contributed by atoms with Gasteiger partial charge in [0.1, 0.15) is 5.58 Å². The molecule has 2 aromatic rings. The highest BCUT2D eigenvalue weighted by Gasteiger charge is 2.34. The van der Waals surface area contributed by atoms with Gasteiger partial charge in [-0.2, -0.15) is 0 Å². The quantitative estimate of drug-likeness (QED) is 0.921. The number of hydrogen-bond donors (Lipinski definition) is 1. The van der Waals surface area contributed by atoms with Crippen LogP contribution >= 0.6 is 0 Å². The van der Waals surface area contributed by atoms with Crippen molar-refractivity contribution in [3.8, 4) is 0 Å². The molecule has 0 unspecified atom stereocenters. The van der Waals surface area contributed by atoms with E-state index in [4.69, 9.17) is 4.42 Å². The second-order valence-corrected chi connectivity index (χ2v) is 7.42. The van der Waals surface area contributed by atoms with Crippen LogP contribution in [0.4, 0.5) is 0 Å². The average molecular weight is 328 g/mol. The van der Waals surface area contributed by atoms with Crippen LogP contribution in [0.2, 0.25) is 0 Å². The standard InChI is InChI=1S/C20H28N2O2/c1-14-8-9-16-15(2)18(24-17(16)12-14)19(23)21-13-20(22(3)4)10-6-5-7-11-20/h8-9,12H,5-7,10-11,13H2,1-4H3,(H,21,23). The van der Waals surface area contributed by atoms with Gasteiger partial charge in [0.05, 0.1) is 0 Å². The van der Waals surface area contributed by atoms with Gasteiger partial charge in [0.15, 0.2) is 5.76 Å². The zero-order chi connectivity index (χ0) is 17.3. The van der Waals surface area contributed by atoms with E-state index in [0.717, 1.165) is 34.9 Å². The van der Waals surface area contributed by atoms with E-state index >= 15 is 0 Å². The number of carbonyl (C=O) groups is 1. The Kier molecular flexibility index (Phi) is 4.68. The molecule has 0 bridgehead atoms.